The van der Waals surface area contributed by atoms with Crippen molar-refractivity contribution < 1.29 is 17.9 Å². The maximum absolute atomic E-state index is 12.8. The van der Waals surface area contributed by atoms with E-state index in [9.17, 15) is 13.2 Å². The lowest BCUT2D eigenvalue weighted by atomic mass is 9.98. The summed E-state index contributed by atoms with van der Waals surface area (Å²) in [5.41, 5.74) is 0.587. The summed E-state index contributed by atoms with van der Waals surface area (Å²) in [6, 6.07) is 8.31. The number of benzene rings is 1. The molecule has 21 heavy (non-hydrogen) atoms. The minimum Gasteiger partial charge on any atom is -0.466 e. The molecule has 1 saturated carbocycles. The average Bonchev–Trinajstić information content (AvgIpc) is 2.76. The average molecular weight is 308 g/mol. The van der Waals surface area contributed by atoms with Crippen molar-refractivity contribution in [2.24, 2.45) is 11.8 Å². The molecule has 2 rings (SSSR count). The van der Waals surface area contributed by atoms with E-state index >= 15 is 0 Å². The van der Waals surface area contributed by atoms with Crippen molar-refractivity contribution in [3.05, 3.63) is 42.5 Å². The molecule has 1 aromatic carbocycles. The van der Waals surface area contributed by atoms with E-state index in [-0.39, 0.29) is 16.8 Å². The predicted molar refractivity (Wildman–Crippen MR) is 80.5 cm³/mol. The first kappa shape index (κ1) is 15.8. The molecule has 0 N–H and O–H groups in total. The van der Waals surface area contributed by atoms with E-state index in [4.69, 9.17) is 4.74 Å². The van der Waals surface area contributed by atoms with Crippen molar-refractivity contribution >= 4 is 15.8 Å². The van der Waals surface area contributed by atoms with Gasteiger partial charge in [-0.2, -0.15) is 0 Å². The van der Waals surface area contributed by atoms with Gasteiger partial charge in [0.05, 0.1) is 22.7 Å². The summed E-state index contributed by atoms with van der Waals surface area (Å²) in [4.78, 5) is 12.2. The Balaban J connectivity index is 2.32. The second-order valence-corrected chi connectivity index (χ2v) is 7.43. The molecule has 0 aliphatic heterocycles. The highest BCUT2D eigenvalue weighted by molar-refractivity contribution is 7.92. The van der Waals surface area contributed by atoms with Gasteiger partial charge in [-0.1, -0.05) is 37.3 Å². The van der Waals surface area contributed by atoms with Crippen molar-refractivity contribution in [2.75, 3.05) is 6.61 Å². The van der Waals surface area contributed by atoms with Crippen LogP contribution in [0.3, 0.4) is 0 Å². The fourth-order valence-electron chi connectivity index (χ4n) is 2.97. The van der Waals surface area contributed by atoms with E-state index in [1.807, 2.05) is 0 Å². The summed E-state index contributed by atoms with van der Waals surface area (Å²) >= 11 is 0. The first-order valence-electron chi connectivity index (χ1n) is 7.02. The normalized spacial score (nSPS) is 25.8. The van der Waals surface area contributed by atoms with Gasteiger partial charge in [-0.05, 0) is 31.4 Å². The minimum atomic E-state index is -3.53. The van der Waals surface area contributed by atoms with E-state index in [1.165, 1.54) is 0 Å². The van der Waals surface area contributed by atoms with Crippen LogP contribution in [-0.2, 0) is 19.4 Å². The van der Waals surface area contributed by atoms with Gasteiger partial charge in [0.2, 0.25) is 0 Å². The smallest absolute Gasteiger partial charge is 0.309 e. The number of carbonyl (C=O) groups excluding carboxylic acids is 1. The van der Waals surface area contributed by atoms with Gasteiger partial charge in [0.25, 0.3) is 0 Å². The topological polar surface area (TPSA) is 60.4 Å². The number of ether oxygens (including phenoxy) is 1. The molecule has 0 bridgehead atoms. The van der Waals surface area contributed by atoms with Crippen molar-refractivity contribution in [3.8, 4) is 0 Å². The van der Waals surface area contributed by atoms with Crippen LogP contribution in [0.5, 0.6) is 0 Å². The minimum absolute atomic E-state index is 0.271. The van der Waals surface area contributed by atoms with E-state index < -0.39 is 21.0 Å². The summed E-state index contributed by atoms with van der Waals surface area (Å²) in [5, 5.41) is -0.727. The number of sulfone groups is 1. The van der Waals surface area contributed by atoms with Crippen LogP contribution in [0.25, 0.3) is 0 Å². The first-order valence-corrected chi connectivity index (χ1v) is 8.57. The standard InChI is InChI=1S/C16H20O4S/c1-4-20-16(17)14-10-11(2)15(12(14)3)21(18,19)13-8-6-5-7-9-13/h5-9,12,14-15H,2,4,10H2,1,3H3/t12-,14+,15-/m1/s1. The lowest BCUT2D eigenvalue weighted by Gasteiger charge is -2.20. The second-order valence-electron chi connectivity index (χ2n) is 5.36. The molecule has 1 aliphatic carbocycles. The molecule has 0 spiro atoms. The molecule has 0 amide bonds. The predicted octanol–water partition coefficient (Wildman–Crippen LogP) is 2.60. The Morgan fingerprint density at radius 2 is 1.95 bits per heavy atom. The Kier molecular flexibility index (Phi) is 4.52. The zero-order valence-corrected chi connectivity index (χ0v) is 13.1. The largest absolute Gasteiger partial charge is 0.466 e. The third-order valence-electron chi connectivity index (χ3n) is 3.99. The van der Waals surface area contributed by atoms with Gasteiger partial charge in [-0.15, -0.1) is 0 Å². The summed E-state index contributed by atoms with van der Waals surface area (Å²) in [6.45, 7) is 7.70. The summed E-state index contributed by atoms with van der Waals surface area (Å²) in [7, 11) is -3.53. The molecule has 3 atom stereocenters. The highest BCUT2D eigenvalue weighted by Gasteiger charge is 2.47. The molecule has 114 valence electrons. The Hall–Kier alpha value is -1.62. The van der Waals surface area contributed by atoms with Gasteiger partial charge >= 0.3 is 5.97 Å². The van der Waals surface area contributed by atoms with Crippen LogP contribution < -0.4 is 0 Å². The third-order valence-corrected chi connectivity index (χ3v) is 6.35. The van der Waals surface area contributed by atoms with Crippen LogP contribution >= 0.6 is 0 Å². The Morgan fingerprint density at radius 3 is 2.52 bits per heavy atom. The number of rotatable bonds is 4. The maximum Gasteiger partial charge on any atom is 0.309 e. The summed E-state index contributed by atoms with van der Waals surface area (Å²) in [6.07, 6.45) is 0.372. The summed E-state index contributed by atoms with van der Waals surface area (Å²) in [5.74, 6) is -1.10. The molecule has 0 aromatic heterocycles. The zero-order valence-electron chi connectivity index (χ0n) is 12.3. The second kappa shape index (κ2) is 6.02. The van der Waals surface area contributed by atoms with Gasteiger partial charge in [0.15, 0.2) is 9.84 Å². The molecular formula is C16H20O4S. The van der Waals surface area contributed by atoms with Gasteiger partial charge in [-0.3, -0.25) is 4.79 Å². The first-order chi connectivity index (χ1) is 9.89. The maximum atomic E-state index is 12.8. The van der Waals surface area contributed by atoms with Crippen LogP contribution in [0, 0.1) is 11.8 Å². The van der Waals surface area contributed by atoms with E-state index in [0.29, 0.717) is 18.6 Å². The Bertz CT molecular complexity index is 634. The molecule has 0 unspecified atom stereocenters. The van der Waals surface area contributed by atoms with Crippen LogP contribution in [0.1, 0.15) is 20.3 Å². The zero-order chi connectivity index (χ0) is 15.6. The molecule has 0 heterocycles. The molecule has 0 saturated heterocycles. The molecular weight excluding hydrogens is 288 g/mol. The SMILES string of the molecule is C=C1C[C@H](C(=O)OCC)[C@@H](C)[C@@H]1S(=O)(=O)c1ccccc1. The number of hydrogen-bond donors (Lipinski definition) is 0. The van der Waals surface area contributed by atoms with Crippen LogP contribution in [0.2, 0.25) is 0 Å². The molecule has 1 aromatic rings. The van der Waals surface area contributed by atoms with Crippen molar-refractivity contribution in [1.29, 1.82) is 0 Å². The van der Waals surface area contributed by atoms with Gasteiger partial charge in [0.1, 0.15) is 0 Å². The lowest BCUT2D eigenvalue weighted by molar-refractivity contribution is -0.148. The molecule has 1 fully saturated rings. The fraction of sp³-hybridized carbons (Fsp3) is 0.438. The fourth-order valence-corrected chi connectivity index (χ4v) is 5.09. The Morgan fingerprint density at radius 1 is 1.33 bits per heavy atom. The van der Waals surface area contributed by atoms with Crippen molar-refractivity contribution in [1.82, 2.24) is 0 Å². The van der Waals surface area contributed by atoms with Crippen LogP contribution in [0.4, 0.5) is 0 Å². The molecule has 1 aliphatic rings. The van der Waals surface area contributed by atoms with Gasteiger partial charge in [0, 0.05) is 0 Å². The van der Waals surface area contributed by atoms with Crippen molar-refractivity contribution in [2.45, 2.75) is 30.4 Å². The van der Waals surface area contributed by atoms with Crippen LogP contribution in [-0.4, -0.2) is 26.2 Å². The molecule has 0 radical (unpaired) electrons. The quantitative estimate of drug-likeness (QED) is 0.633. The molecule has 5 heteroatoms. The van der Waals surface area contributed by atoms with Gasteiger partial charge < -0.3 is 4.74 Å². The van der Waals surface area contributed by atoms with Crippen LogP contribution in [0.15, 0.2) is 47.4 Å². The summed E-state index contributed by atoms with van der Waals surface area (Å²) < 4.78 is 30.6. The monoisotopic (exact) mass is 308 g/mol. The van der Waals surface area contributed by atoms with Crippen molar-refractivity contribution in [3.63, 3.8) is 0 Å². The van der Waals surface area contributed by atoms with E-state index in [0.717, 1.165) is 0 Å². The highest BCUT2D eigenvalue weighted by atomic mass is 32.2. The highest BCUT2D eigenvalue weighted by Crippen LogP contribution is 2.42. The van der Waals surface area contributed by atoms with E-state index in [1.54, 1.807) is 44.2 Å². The number of hydrogen-bond acceptors (Lipinski definition) is 4. The lowest BCUT2D eigenvalue weighted by Crippen LogP contribution is -2.30. The van der Waals surface area contributed by atoms with Gasteiger partial charge in [-0.25, -0.2) is 8.42 Å². The van der Waals surface area contributed by atoms with E-state index in [2.05, 4.69) is 6.58 Å². The Labute approximate surface area is 125 Å². The third kappa shape index (κ3) is 2.88. The number of carbonyl (C=O) groups is 1. The number of esters is 1. The molecule has 4 nitrogen and oxygen atoms in total.